The van der Waals surface area contributed by atoms with Crippen LogP contribution in [0.3, 0.4) is 0 Å². The molecule has 0 saturated carbocycles. The molecule has 124 valence electrons. The van der Waals surface area contributed by atoms with Gasteiger partial charge in [-0.15, -0.1) is 0 Å². The van der Waals surface area contributed by atoms with Crippen molar-refractivity contribution in [3.05, 3.63) is 65.5 Å². The lowest BCUT2D eigenvalue weighted by Crippen LogP contribution is -2.42. The smallest absolute Gasteiger partial charge is 0.354 e. The van der Waals surface area contributed by atoms with E-state index in [1.54, 1.807) is 0 Å². The van der Waals surface area contributed by atoms with Gasteiger partial charge in [0.1, 0.15) is 5.69 Å². The van der Waals surface area contributed by atoms with Gasteiger partial charge in [-0.1, -0.05) is 37.3 Å². The van der Waals surface area contributed by atoms with Crippen molar-refractivity contribution in [3.63, 3.8) is 0 Å². The normalized spacial score (nSPS) is 20.6. The zero-order valence-electron chi connectivity index (χ0n) is 13.6. The Balaban J connectivity index is 1.69. The summed E-state index contributed by atoms with van der Waals surface area (Å²) in [4.78, 5) is 29.1. The van der Waals surface area contributed by atoms with Gasteiger partial charge in [0, 0.05) is 19.3 Å². The molecule has 1 aromatic heterocycles. The van der Waals surface area contributed by atoms with E-state index in [-0.39, 0.29) is 11.6 Å². The first-order chi connectivity index (χ1) is 11.6. The van der Waals surface area contributed by atoms with Crippen LogP contribution in [0.2, 0.25) is 0 Å². The highest BCUT2D eigenvalue weighted by molar-refractivity contribution is 5.95. The molecule has 1 fully saturated rings. The van der Waals surface area contributed by atoms with E-state index >= 15 is 0 Å². The van der Waals surface area contributed by atoms with Crippen LogP contribution < -0.4 is 0 Å². The Hall–Kier alpha value is -2.69. The molecule has 1 aliphatic rings. The first-order valence-corrected chi connectivity index (χ1v) is 8.10. The molecule has 1 aliphatic heterocycles. The Kier molecular flexibility index (Phi) is 4.60. The number of carbonyl (C=O) groups excluding carboxylic acids is 1. The second-order valence-electron chi connectivity index (χ2n) is 6.27. The highest BCUT2D eigenvalue weighted by atomic mass is 16.4. The first kappa shape index (κ1) is 16.2. The summed E-state index contributed by atoms with van der Waals surface area (Å²) < 4.78 is 0. The third-order valence-corrected chi connectivity index (χ3v) is 4.65. The van der Waals surface area contributed by atoms with Gasteiger partial charge >= 0.3 is 5.97 Å². The molecule has 5 heteroatoms. The minimum absolute atomic E-state index is 0.0531. The van der Waals surface area contributed by atoms with E-state index in [1.807, 2.05) is 11.0 Å². The lowest BCUT2D eigenvalue weighted by molar-refractivity contribution is 0.0654. The fourth-order valence-electron chi connectivity index (χ4n) is 3.35. The Morgan fingerprint density at radius 1 is 1.17 bits per heavy atom. The molecule has 24 heavy (non-hydrogen) atoms. The van der Waals surface area contributed by atoms with E-state index in [9.17, 15) is 9.59 Å². The summed E-state index contributed by atoms with van der Waals surface area (Å²) in [5.41, 5.74) is 1.71. The predicted molar refractivity (Wildman–Crippen MR) is 90.1 cm³/mol. The van der Waals surface area contributed by atoms with Gasteiger partial charge < -0.3 is 10.0 Å². The molecule has 0 aliphatic carbocycles. The molecule has 2 heterocycles. The lowest BCUT2D eigenvalue weighted by atomic mass is 9.81. The number of piperidine rings is 1. The van der Waals surface area contributed by atoms with Crippen LogP contribution in [-0.4, -0.2) is 40.0 Å². The molecule has 2 atom stereocenters. The topological polar surface area (TPSA) is 70.5 Å². The number of pyridine rings is 1. The molecule has 5 nitrogen and oxygen atoms in total. The van der Waals surface area contributed by atoms with E-state index in [1.165, 1.54) is 23.9 Å². The van der Waals surface area contributed by atoms with Crippen LogP contribution in [0.25, 0.3) is 0 Å². The average molecular weight is 324 g/mol. The van der Waals surface area contributed by atoms with E-state index in [0.29, 0.717) is 30.5 Å². The van der Waals surface area contributed by atoms with Crippen LogP contribution in [0, 0.1) is 5.92 Å². The second-order valence-corrected chi connectivity index (χ2v) is 6.27. The molecular weight excluding hydrogens is 304 g/mol. The van der Waals surface area contributed by atoms with Crippen molar-refractivity contribution in [2.24, 2.45) is 5.92 Å². The third-order valence-electron chi connectivity index (χ3n) is 4.65. The van der Waals surface area contributed by atoms with E-state index in [0.717, 1.165) is 6.42 Å². The van der Waals surface area contributed by atoms with Gasteiger partial charge in [-0.3, -0.25) is 4.79 Å². The molecule has 0 spiro atoms. The SMILES string of the molecule is CC1CN(C(=O)c2ccc(C(=O)O)nc2)CCC1c1ccccc1. The predicted octanol–water partition coefficient (Wildman–Crippen LogP) is 3.05. The quantitative estimate of drug-likeness (QED) is 0.942. The standard InChI is InChI=1S/C19H20N2O3/c1-13-12-21(10-9-16(13)14-5-3-2-4-6-14)18(22)15-7-8-17(19(23)24)20-11-15/h2-8,11,13,16H,9-10,12H2,1H3,(H,23,24). The maximum atomic E-state index is 12.6. The third kappa shape index (κ3) is 3.30. The van der Waals surface area contributed by atoms with Gasteiger partial charge in [-0.25, -0.2) is 9.78 Å². The first-order valence-electron chi connectivity index (χ1n) is 8.10. The summed E-state index contributed by atoms with van der Waals surface area (Å²) in [6, 6.07) is 13.3. The van der Waals surface area contributed by atoms with Crippen LogP contribution in [0.4, 0.5) is 0 Å². The zero-order chi connectivity index (χ0) is 17.1. The van der Waals surface area contributed by atoms with E-state index in [2.05, 4.69) is 36.2 Å². The fourth-order valence-corrected chi connectivity index (χ4v) is 3.35. The van der Waals surface area contributed by atoms with Crippen molar-refractivity contribution in [3.8, 4) is 0 Å². The zero-order valence-corrected chi connectivity index (χ0v) is 13.6. The Morgan fingerprint density at radius 3 is 2.50 bits per heavy atom. The van der Waals surface area contributed by atoms with Crippen molar-refractivity contribution >= 4 is 11.9 Å². The lowest BCUT2D eigenvalue weighted by Gasteiger charge is -2.37. The van der Waals surface area contributed by atoms with E-state index in [4.69, 9.17) is 5.11 Å². The summed E-state index contributed by atoms with van der Waals surface area (Å²) in [7, 11) is 0. The molecule has 2 unspecified atom stereocenters. The van der Waals surface area contributed by atoms with Gasteiger partial charge in [0.15, 0.2) is 0 Å². The van der Waals surface area contributed by atoms with Crippen LogP contribution in [0.15, 0.2) is 48.7 Å². The molecule has 3 rings (SSSR count). The maximum Gasteiger partial charge on any atom is 0.354 e. The minimum atomic E-state index is -1.09. The largest absolute Gasteiger partial charge is 0.477 e. The van der Waals surface area contributed by atoms with Crippen molar-refractivity contribution in [2.75, 3.05) is 13.1 Å². The number of likely N-dealkylation sites (tertiary alicyclic amines) is 1. The molecule has 0 bridgehead atoms. The number of benzene rings is 1. The number of aromatic carboxylic acids is 1. The minimum Gasteiger partial charge on any atom is -0.477 e. The summed E-state index contributed by atoms with van der Waals surface area (Å²) >= 11 is 0. The molecule has 1 aromatic carbocycles. The van der Waals surface area contributed by atoms with Gasteiger partial charge in [0.05, 0.1) is 5.56 Å². The molecule has 1 saturated heterocycles. The number of amides is 1. The van der Waals surface area contributed by atoms with Crippen LogP contribution in [0.1, 0.15) is 45.7 Å². The molecule has 1 N–H and O–H groups in total. The fraction of sp³-hybridized carbons (Fsp3) is 0.316. The number of carboxylic acids is 1. The molecular formula is C19H20N2O3. The van der Waals surface area contributed by atoms with Crippen molar-refractivity contribution in [2.45, 2.75) is 19.3 Å². The number of hydrogen-bond donors (Lipinski definition) is 1. The average Bonchev–Trinajstić information content (AvgIpc) is 2.62. The monoisotopic (exact) mass is 324 g/mol. The van der Waals surface area contributed by atoms with Crippen LogP contribution in [-0.2, 0) is 0 Å². The molecule has 2 aromatic rings. The highest BCUT2D eigenvalue weighted by Gasteiger charge is 2.30. The number of aromatic nitrogens is 1. The Bertz CT molecular complexity index is 728. The molecule has 0 radical (unpaired) electrons. The highest BCUT2D eigenvalue weighted by Crippen LogP contribution is 2.33. The van der Waals surface area contributed by atoms with Gasteiger partial charge in [-0.2, -0.15) is 0 Å². The second kappa shape index (κ2) is 6.83. The number of nitrogens with zero attached hydrogens (tertiary/aromatic N) is 2. The summed E-state index contributed by atoms with van der Waals surface area (Å²) in [6.07, 6.45) is 2.28. The summed E-state index contributed by atoms with van der Waals surface area (Å²) in [5.74, 6) is -0.344. The number of rotatable bonds is 3. The van der Waals surface area contributed by atoms with Gasteiger partial charge in [-0.05, 0) is 36.0 Å². The van der Waals surface area contributed by atoms with Crippen molar-refractivity contribution < 1.29 is 14.7 Å². The van der Waals surface area contributed by atoms with Gasteiger partial charge in [0.25, 0.3) is 5.91 Å². The van der Waals surface area contributed by atoms with Crippen LogP contribution in [0.5, 0.6) is 0 Å². The Labute approximate surface area is 140 Å². The van der Waals surface area contributed by atoms with E-state index < -0.39 is 5.97 Å². The number of hydrogen-bond acceptors (Lipinski definition) is 3. The molecule has 1 amide bonds. The Morgan fingerprint density at radius 2 is 1.92 bits per heavy atom. The maximum absolute atomic E-state index is 12.6. The number of carboxylic acid groups (broad SMARTS) is 1. The summed E-state index contributed by atoms with van der Waals surface area (Å²) in [5, 5.41) is 8.88. The van der Waals surface area contributed by atoms with Gasteiger partial charge in [0.2, 0.25) is 0 Å². The van der Waals surface area contributed by atoms with Crippen LogP contribution >= 0.6 is 0 Å². The number of carbonyl (C=O) groups is 2. The van der Waals surface area contributed by atoms with Crippen molar-refractivity contribution in [1.82, 2.24) is 9.88 Å². The van der Waals surface area contributed by atoms with Crippen molar-refractivity contribution in [1.29, 1.82) is 0 Å². The summed E-state index contributed by atoms with van der Waals surface area (Å²) in [6.45, 7) is 3.56.